The van der Waals surface area contributed by atoms with Crippen molar-refractivity contribution >= 4 is 0 Å². The molecule has 0 aliphatic carbocycles. The highest BCUT2D eigenvalue weighted by atomic mass is 16.5. The molecule has 0 aliphatic heterocycles. The van der Waals surface area contributed by atoms with Gasteiger partial charge in [0.05, 0.1) is 23.9 Å². The van der Waals surface area contributed by atoms with Crippen LogP contribution in [0.25, 0.3) is 0 Å². The molecule has 1 atom stereocenters. The Hall–Kier alpha value is -2.12. The third-order valence-electron chi connectivity index (χ3n) is 3.07. The maximum Gasteiger partial charge on any atom is 0.150 e. The number of nitrogens with zero attached hydrogens (tertiary/aromatic N) is 2. The van der Waals surface area contributed by atoms with Crippen molar-refractivity contribution in [2.45, 2.75) is 32.9 Å². The minimum Gasteiger partial charge on any atom is -0.360 e. The van der Waals surface area contributed by atoms with Gasteiger partial charge < -0.3 is 9.84 Å². The normalized spacial score (nSPS) is 12.1. The molecule has 19 heavy (non-hydrogen) atoms. The number of aromatic nitrogens is 1. The number of hydrogen-bond acceptors (Lipinski definition) is 4. The topological polar surface area (TPSA) is 61.9 Å². The van der Waals surface area contributed by atoms with E-state index in [0.717, 1.165) is 23.4 Å². The smallest absolute Gasteiger partial charge is 0.150 e. The number of nitrogens with one attached hydrogen (secondary N) is 1. The largest absolute Gasteiger partial charge is 0.360 e. The first kappa shape index (κ1) is 13.3. The molecular formula is C15H17N3O. The van der Waals surface area contributed by atoms with Crippen molar-refractivity contribution < 1.29 is 4.52 Å². The molecule has 0 amide bonds. The highest BCUT2D eigenvalue weighted by Gasteiger charge is 2.08. The second kappa shape index (κ2) is 6.17. The lowest BCUT2D eigenvalue weighted by atomic mass is 10.1. The van der Waals surface area contributed by atoms with E-state index in [9.17, 15) is 0 Å². The van der Waals surface area contributed by atoms with Crippen LogP contribution in [0.4, 0.5) is 0 Å². The van der Waals surface area contributed by atoms with E-state index < -0.39 is 0 Å². The molecule has 98 valence electrons. The second-order valence-electron chi connectivity index (χ2n) is 4.48. The summed E-state index contributed by atoms with van der Waals surface area (Å²) in [6.45, 7) is 4.74. The molecule has 0 bridgehead atoms. The molecule has 4 heteroatoms. The van der Waals surface area contributed by atoms with Gasteiger partial charge in [-0.15, -0.1) is 0 Å². The van der Waals surface area contributed by atoms with E-state index in [2.05, 4.69) is 23.5 Å². The third-order valence-corrected chi connectivity index (χ3v) is 3.07. The fraction of sp³-hybridized carbons (Fsp3) is 0.333. The molecule has 0 radical (unpaired) electrons. The minimum atomic E-state index is 0.156. The Labute approximate surface area is 113 Å². The fourth-order valence-electron chi connectivity index (χ4n) is 1.85. The predicted molar refractivity (Wildman–Crippen MR) is 72.3 cm³/mol. The van der Waals surface area contributed by atoms with E-state index in [-0.39, 0.29) is 6.04 Å². The van der Waals surface area contributed by atoms with Gasteiger partial charge in [0.25, 0.3) is 0 Å². The lowest BCUT2D eigenvalue weighted by Crippen LogP contribution is -2.17. The van der Waals surface area contributed by atoms with Crippen molar-refractivity contribution in [1.29, 1.82) is 5.26 Å². The van der Waals surface area contributed by atoms with Crippen LogP contribution in [0.2, 0.25) is 0 Å². The second-order valence-corrected chi connectivity index (χ2v) is 4.48. The van der Waals surface area contributed by atoms with Crippen molar-refractivity contribution in [3.05, 3.63) is 52.9 Å². The summed E-state index contributed by atoms with van der Waals surface area (Å²) in [5.41, 5.74) is 2.74. The summed E-state index contributed by atoms with van der Waals surface area (Å²) < 4.78 is 5.22. The monoisotopic (exact) mass is 255 g/mol. The van der Waals surface area contributed by atoms with Crippen molar-refractivity contribution in [3.8, 4) is 6.07 Å². The Morgan fingerprint density at radius 3 is 2.95 bits per heavy atom. The van der Waals surface area contributed by atoms with Crippen LogP contribution in [-0.2, 0) is 13.0 Å². The Balaban J connectivity index is 1.97. The van der Waals surface area contributed by atoms with Gasteiger partial charge in [0, 0.05) is 12.1 Å². The Bertz CT molecular complexity index is 583. The van der Waals surface area contributed by atoms with E-state index in [1.807, 2.05) is 31.2 Å². The van der Waals surface area contributed by atoms with Gasteiger partial charge in [-0.1, -0.05) is 24.2 Å². The summed E-state index contributed by atoms with van der Waals surface area (Å²) >= 11 is 0. The summed E-state index contributed by atoms with van der Waals surface area (Å²) in [6.07, 6.45) is 0.878. The van der Waals surface area contributed by atoms with Crippen LogP contribution in [0.3, 0.4) is 0 Å². The molecule has 0 fully saturated rings. The van der Waals surface area contributed by atoms with Gasteiger partial charge in [-0.05, 0) is 31.0 Å². The maximum absolute atomic E-state index is 8.89. The van der Waals surface area contributed by atoms with E-state index in [4.69, 9.17) is 9.78 Å². The van der Waals surface area contributed by atoms with E-state index in [1.54, 1.807) is 6.07 Å². The van der Waals surface area contributed by atoms with Gasteiger partial charge in [0.2, 0.25) is 0 Å². The van der Waals surface area contributed by atoms with Crippen molar-refractivity contribution in [2.24, 2.45) is 0 Å². The summed E-state index contributed by atoms with van der Waals surface area (Å²) in [7, 11) is 0. The minimum absolute atomic E-state index is 0.156. The number of benzene rings is 1. The zero-order valence-electron chi connectivity index (χ0n) is 11.2. The number of rotatable bonds is 5. The van der Waals surface area contributed by atoms with Crippen molar-refractivity contribution in [1.82, 2.24) is 10.5 Å². The molecule has 1 heterocycles. The van der Waals surface area contributed by atoms with E-state index in [0.29, 0.717) is 12.1 Å². The van der Waals surface area contributed by atoms with Crippen LogP contribution in [0.15, 0.2) is 34.9 Å². The fourth-order valence-corrected chi connectivity index (χ4v) is 1.85. The van der Waals surface area contributed by atoms with Crippen molar-refractivity contribution in [3.63, 3.8) is 0 Å². The SMILES string of the molecule is CCc1cc(CN[C@H](C)c2cccc(C#N)c2)on1. The molecule has 2 aromatic rings. The van der Waals surface area contributed by atoms with Gasteiger partial charge in [0.15, 0.2) is 5.76 Å². The number of aryl methyl sites for hydroxylation is 1. The van der Waals surface area contributed by atoms with Gasteiger partial charge in [0.1, 0.15) is 0 Å². The maximum atomic E-state index is 8.89. The van der Waals surface area contributed by atoms with E-state index >= 15 is 0 Å². The highest BCUT2D eigenvalue weighted by Crippen LogP contribution is 2.15. The highest BCUT2D eigenvalue weighted by molar-refractivity contribution is 5.34. The first-order valence-electron chi connectivity index (χ1n) is 6.41. The summed E-state index contributed by atoms with van der Waals surface area (Å²) in [4.78, 5) is 0. The van der Waals surface area contributed by atoms with Crippen LogP contribution in [0.1, 0.15) is 42.5 Å². The molecule has 1 aromatic heterocycles. The lowest BCUT2D eigenvalue weighted by molar-refractivity contribution is 0.361. The Kier molecular flexibility index (Phi) is 4.32. The zero-order chi connectivity index (χ0) is 13.7. The van der Waals surface area contributed by atoms with Gasteiger partial charge in [-0.25, -0.2) is 0 Å². The lowest BCUT2D eigenvalue weighted by Gasteiger charge is -2.13. The number of hydrogen-bond donors (Lipinski definition) is 1. The summed E-state index contributed by atoms with van der Waals surface area (Å²) in [5, 5.41) is 16.2. The number of nitriles is 1. The average Bonchev–Trinajstić information content (AvgIpc) is 2.93. The van der Waals surface area contributed by atoms with Gasteiger partial charge in [-0.3, -0.25) is 0 Å². The molecule has 0 spiro atoms. The molecule has 0 aliphatic rings. The first-order valence-corrected chi connectivity index (χ1v) is 6.41. The molecule has 0 saturated heterocycles. The van der Waals surface area contributed by atoms with Crippen LogP contribution in [-0.4, -0.2) is 5.16 Å². The van der Waals surface area contributed by atoms with Gasteiger partial charge in [-0.2, -0.15) is 5.26 Å². The predicted octanol–water partition coefficient (Wildman–Crippen LogP) is 2.96. The summed E-state index contributed by atoms with van der Waals surface area (Å²) in [5.74, 6) is 0.833. The first-order chi connectivity index (χ1) is 9.22. The quantitative estimate of drug-likeness (QED) is 0.892. The zero-order valence-corrected chi connectivity index (χ0v) is 11.2. The van der Waals surface area contributed by atoms with Crippen molar-refractivity contribution in [2.75, 3.05) is 0 Å². The Morgan fingerprint density at radius 2 is 2.26 bits per heavy atom. The van der Waals surface area contributed by atoms with Gasteiger partial charge >= 0.3 is 0 Å². The average molecular weight is 255 g/mol. The standard InChI is InChI=1S/C15H17N3O/c1-3-14-8-15(19-18-14)10-17-11(2)13-6-4-5-12(7-13)9-16/h4-8,11,17H,3,10H2,1-2H3/t11-/m1/s1. The molecular weight excluding hydrogens is 238 g/mol. The Morgan fingerprint density at radius 1 is 1.42 bits per heavy atom. The molecule has 1 aromatic carbocycles. The van der Waals surface area contributed by atoms with E-state index in [1.165, 1.54) is 0 Å². The molecule has 1 N–H and O–H groups in total. The molecule has 4 nitrogen and oxygen atoms in total. The van der Waals surface area contributed by atoms with Crippen LogP contribution >= 0.6 is 0 Å². The molecule has 0 saturated carbocycles. The van der Waals surface area contributed by atoms with Crippen LogP contribution in [0, 0.1) is 11.3 Å². The van der Waals surface area contributed by atoms with Crippen LogP contribution in [0.5, 0.6) is 0 Å². The molecule has 0 unspecified atom stereocenters. The molecule has 2 rings (SSSR count). The third kappa shape index (κ3) is 3.43. The van der Waals surface area contributed by atoms with Crippen LogP contribution < -0.4 is 5.32 Å². The summed E-state index contributed by atoms with van der Waals surface area (Å²) in [6, 6.07) is 11.9.